The first-order chi connectivity index (χ1) is 16.0. The molecule has 0 atom stereocenters. The molecule has 0 aliphatic carbocycles. The summed E-state index contributed by atoms with van der Waals surface area (Å²) in [6, 6.07) is 21.5. The molecule has 1 heterocycles. The summed E-state index contributed by atoms with van der Waals surface area (Å²) in [5.41, 5.74) is 3.54. The Morgan fingerprint density at radius 1 is 1.00 bits per heavy atom. The van der Waals surface area contributed by atoms with E-state index in [1.165, 1.54) is 11.3 Å². The molecule has 0 N–H and O–H groups in total. The Hall–Kier alpha value is -2.96. The molecule has 0 unspecified atom stereocenters. The zero-order valence-corrected chi connectivity index (χ0v) is 22.5. The lowest BCUT2D eigenvalue weighted by Crippen LogP contribution is -2.44. The normalized spacial score (nSPS) is 12.1. The van der Waals surface area contributed by atoms with E-state index >= 15 is 0 Å². The Bertz CT molecular complexity index is 1320. The number of thiazole rings is 1. The maximum atomic E-state index is 13.3. The predicted octanol–water partition coefficient (Wildman–Crippen LogP) is 7.80. The Balaban J connectivity index is 1.55. The van der Waals surface area contributed by atoms with Crippen molar-refractivity contribution in [3.05, 3.63) is 88.4 Å². The first-order valence-electron chi connectivity index (χ1n) is 11.5. The third kappa shape index (κ3) is 5.23. The molecule has 3 aromatic carbocycles. The van der Waals surface area contributed by atoms with E-state index in [2.05, 4.69) is 38.8 Å². The highest BCUT2D eigenvalue weighted by molar-refractivity contribution is 7.20. The second-order valence-electron chi connectivity index (χ2n) is 10.1. The maximum Gasteiger partial charge on any atom is 0.250 e. The highest BCUT2D eigenvalue weighted by Crippen LogP contribution is 2.38. The smallest absolute Gasteiger partial charge is 0.250 e. The standard InChI is InChI=1S/C28H31NO3SSi/c1-19-12-13-21(16-24(19)32-34(5,6)28(2,3)4)26(30)27-29-23-15-14-22(17-25(23)33-27)31-18-20-10-8-7-9-11-20/h7-17H,18H2,1-6H3. The summed E-state index contributed by atoms with van der Waals surface area (Å²) in [6.45, 7) is 13.6. The van der Waals surface area contributed by atoms with Gasteiger partial charge in [0.2, 0.25) is 14.1 Å². The highest BCUT2D eigenvalue weighted by atomic mass is 32.1. The number of hydrogen-bond acceptors (Lipinski definition) is 5. The van der Waals surface area contributed by atoms with E-state index in [1.54, 1.807) is 0 Å². The van der Waals surface area contributed by atoms with Gasteiger partial charge in [-0.2, -0.15) is 0 Å². The third-order valence-electron chi connectivity index (χ3n) is 6.42. The summed E-state index contributed by atoms with van der Waals surface area (Å²) in [5.74, 6) is 1.46. The summed E-state index contributed by atoms with van der Waals surface area (Å²) in [6.07, 6.45) is 0. The molecule has 6 heteroatoms. The van der Waals surface area contributed by atoms with Crippen LogP contribution in [-0.2, 0) is 6.61 Å². The first-order valence-corrected chi connectivity index (χ1v) is 15.2. The van der Waals surface area contributed by atoms with Crippen LogP contribution >= 0.6 is 11.3 Å². The maximum absolute atomic E-state index is 13.3. The Morgan fingerprint density at radius 3 is 2.44 bits per heavy atom. The highest BCUT2D eigenvalue weighted by Gasteiger charge is 2.39. The quantitative estimate of drug-likeness (QED) is 0.196. The minimum absolute atomic E-state index is 0.0762. The predicted molar refractivity (Wildman–Crippen MR) is 143 cm³/mol. The van der Waals surface area contributed by atoms with Crippen molar-refractivity contribution in [2.24, 2.45) is 0 Å². The van der Waals surface area contributed by atoms with Gasteiger partial charge in [-0.25, -0.2) is 4.98 Å². The van der Waals surface area contributed by atoms with Crippen molar-refractivity contribution in [2.75, 3.05) is 0 Å². The van der Waals surface area contributed by atoms with Crippen molar-refractivity contribution in [1.29, 1.82) is 0 Å². The summed E-state index contributed by atoms with van der Waals surface area (Å²) in [4.78, 5) is 17.9. The first kappa shape index (κ1) is 24.2. The third-order valence-corrected chi connectivity index (χ3v) is 11.8. The summed E-state index contributed by atoms with van der Waals surface area (Å²) < 4.78 is 13.4. The van der Waals surface area contributed by atoms with Gasteiger partial charge in [-0.15, -0.1) is 11.3 Å². The molecule has 0 fully saturated rings. The number of carbonyl (C=O) groups is 1. The fraction of sp³-hybridized carbons (Fsp3) is 0.286. The lowest BCUT2D eigenvalue weighted by molar-refractivity contribution is 0.103. The summed E-state index contributed by atoms with van der Waals surface area (Å²) in [7, 11) is -2.02. The number of aromatic nitrogens is 1. The van der Waals surface area contributed by atoms with Crippen LogP contribution in [0, 0.1) is 6.92 Å². The van der Waals surface area contributed by atoms with Gasteiger partial charge in [0.15, 0.2) is 5.01 Å². The zero-order chi connectivity index (χ0) is 24.5. The van der Waals surface area contributed by atoms with Gasteiger partial charge in [0.05, 0.1) is 10.2 Å². The SMILES string of the molecule is Cc1ccc(C(=O)c2nc3ccc(OCc4ccccc4)cc3s2)cc1O[Si](C)(C)C(C)(C)C. The van der Waals surface area contributed by atoms with Gasteiger partial charge in [0.1, 0.15) is 18.1 Å². The van der Waals surface area contributed by atoms with Crippen molar-refractivity contribution in [1.82, 2.24) is 4.98 Å². The molecule has 1 aromatic heterocycles. The molecule has 0 saturated carbocycles. The number of ether oxygens (including phenoxy) is 1. The average Bonchev–Trinajstić information content (AvgIpc) is 3.22. The van der Waals surface area contributed by atoms with E-state index < -0.39 is 8.32 Å². The van der Waals surface area contributed by atoms with Gasteiger partial charge < -0.3 is 9.16 Å². The van der Waals surface area contributed by atoms with Gasteiger partial charge in [-0.05, 0) is 60.4 Å². The molecule has 0 aliphatic heterocycles. The molecule has 4 rings (SSSR count). The van der Waals surface area contributed by atoms with Crippen LogP contribution in [-0.4, -0.2) is 19.1 Å². The average molecular weight is 490 g/mol. The second kappa shape index (κ2) is 9.35. The fourth-order valence-corrected chi connectivity index (χ4v) is 5.27. The van der Waals surface area contributed by atoms with E-state index in [4.69, 9.17) is 9.16 Å². The molecule has 4 nitrogen and oxygen atoms in total. The zero-order valence-electron chi connectivity index (χ0n) is 20.6. The summed E-state index contributed by atoms with van der Waals surface area (Å²) in [5, 5.41) is 0.546. The summed E-state index contributed by atoms with van der Waals surface area (Å²) >= 11 is 1.39. The van der Waals surface area contributed by atoms with Crippen LogP contribution in [0.4, 0.5) is 0 Å². The lowest BCUT2D eigenvalue weighted by Gasteiger charge is -2.37. The molecule has 0 radical (unpaired) electrons. The van der Waals surface area contributed by atoms with Gasteiger partial charge in [-0.3, -0.25) is 4.79 Å². The van der Waals surface area contributed by atoms with Gasteiger partial charge in [-0.1, -0.05) is 63.2 Å². The van der Waals surface area contributed by atoms with Crippen molar-refractivity contribution < 1.29 is 14.0 Å². The van der Waals surface area contributed by atoms with Crippen molar-refractivity contribution >= 4 is 35.7 Å². The topological polar surface area (TPSA) is 48.4 Å². The number of fused-ring (bicyclic) bond motifs is 1. The van der Waals surface area contributed by atoms with Crippen LogP contribution in [0.3, 0.4) is 0 Å². The Morgan fingerprint density at radius 2 is 1.74 bits per heavy atom. The molecular formula is C28H31NO3SSi. The van der Waals surface area contributed by atoms with Crippen molar-refractivity contribution in [3.63, 3.8) is 0 Å². The molecule has 0 amide bonds. The molecule has 0 spiro atoms. The number of hydrogen-bond donors (Lipinski definition) is 0. The monoisotopic (exact) mass is 489 g/mol. The van der Waals surface area contributed by atoms with E-state index in [-0.39, 0.29) is 10.8 Å². The number of nitrogens with zero attached hydrogens (tertiary/aromatic N) is 1. The molecule has 4 aromatic rings. The van der Waals surface area contributed by atoms with Crippen LogP contribution in [0.2, 0.25) is 18.1 Å². The van der Waals surface area contributed by atoms with Crippen molar-refractivity contribution in [2.45, 2.75) is 52.4 Å². The minimum Gasteiger partial charge on any atom is -0.543 e. The van der Waals surface area contributed by atoms with E-state index in [1.807, 2.05) is 73.7 Å². The molecule has 34 heavy (non-hydrogen) atoms. The number of rotatable bonds is 7. The van der Waals surface area contributed by atoms with E-state index in [0.717, 1.165) is 32.8 Å². The molecule has 176 valence electrons. The number of benzene rings is 3. The molecule has 0 saturated heterocycles. The Labute approximate surface area is 206 Å². The van der Waals surface area contributed by atoms with Crippen LogP contribution in [0.1, 0.15) is 47.3 Å². The largest absolute Gasteiger partial charge is 0.543 e. The minimum atomic E-state index is -2.02. The van der Waals surface area contributed by atoms with Gasteiger partial charge in [0, 0.05) is 5.56 Å². The van der Waals surface area contributed by atoms with Gasteiger partial charge in [0.25, 0.3) is 0 Å². The second-order valence-corrected chi connectivity index (χ2v) is 15.8. The molecule has 0 aliphatic rings. The Kier molecular flexibility index (Phi) is 6.65. The van der Waals surface area contributed by atoms with Crippen LogP contribution in [0.15, 0.2) is 66.7 Å². The number of carbonyl (C=O) groups excluding carboxylic acids is 1. The van der Waals surface area contributed by atoms with E-state index in [9.17, 15) is 4.79 Å². The van der Waals surface area contributed by atoms with E-state index in [0.29, 0.717) is 17.2 Å². The molecular weight excluding hydrogens is 458 g/mol. The number of aryl methyl sites for hydroxylation is 1. The van der Waals surface area contributed by atoms with Gasteiger partial charge >= 0.3 is 0 Å². The van der Waals surface area contributed by atoms with Crippen molar-refractivity contribution in [3.8, 4) is 11.5 Å². The lowest BCUT2D eigenvalue weighted by atomic mass is 10.1. The van der Waals surface area contributed by atoms with Crippen LogP contribution < -0.4 is 9.16 Å². The van der Waals surface area contributed by atoms with Crippen LogP contribution in [0.25, 0.3) is 10.2 Å². The molecule has 0 bridgehead atoms. The van der Waals surface area contributed by atoms with Crippen LogP contribution in [0.5, 0.6) is 11.5 Å². The number of ketones is 1. The fourth-order valence-electron chi connectivity index (χ4n) is 3.24.